The Hall–Kier alpha value is -1.64. The molecule has 7 nitrogen and oxygen atoms in total. The molecular formula is C18H27NO6S. The predicted molar refractivity (Wildman–Crippen MR) is 96.5 cm³/mol. The molecule has 1 aliphatic heterocycles. The topological polar surface area (TPSA) is 82.1 Å². The SMILES string of the molecule is Cc1ccc(S(=O)(=O)OC[C@@H](C)OC2CN(C(=O)OC(C)(C)C)C2)cc1. The van der Waals surface area contributed by atoms with Crippen molar-refractivity contribution in [1.29, 1.82) is 0 Å². The average molecular weight is 385 g/mol. The molecule has 0 unspecified atom stereocenters. The molecule has 0 aliphatic carbocycles. The number of benzene rings is 1. The number of hydrogen-bond acceptors (Lipinski definition) is 6. The molecule has 1 fully saturated rings. The summed E-state index contributed by atoms with van der Waals surface area (Å²) in [6, 6.07) is 6.47. The van der Waals surface area contributed by atoms with Crippen LogP contribution in [0.2, 0.25) is 0 Å². The van der Waals surface area contributed by atoms with Gasteiger partial charge < -0.3 is 14.4 Å². The summed E-state index contributed by atoms with van der Waals surface area (Å²) in [6.07, 6.45) is -0.938. The number of rotatable bonds is 6. The number of nitrogens with zero attached hydrogens (tertiary/aromatic N) is 1. The number of amides is 1. The summed E-state index contributed by atoms with van der Waals surface area (Å²) in [7, 11) is -3.81. The van der Waals surface area contributed by atoms with Gasteiger partial charge in [-0.1, -0.05) is 17.7 Å². The van der Waals surface area contributed by atoms with Gasteiger partial charge in [0.25, 0.3) is 10.1 Å². The number of carbonyl (C=O) groups excluding carboxylic acids is 1. The molecular weight excluding hydrogens is 358 g/mol. The van der Waals surface area contributed by atoms with Crippen molar-refractivity contribution in [2.24, 2.45) is 0 Å². The first-order chi connectivity index (χ1) is 12.0. The molecule has 146 valence electrons. The molecule has 1 saturated heterocycles. The van der Waals surface area contributed by atoms with Crippen molar-refractivity contribution < 1.29 is 26.9 Å². The van der Waals surface area contributed by atoms with Crippen molar-refractivity contribution in [2.45, 2.75) is 57.3 Å². The lowest BCUT2D eigenvalue weighted by atomic mass is 10.1. The van der Waals surface area contributed by atoms with Crippen molar-refractivity contribution in [3.8, 4) is 0 Å². The lowest BCUT2D eigenvalue weighted by molar-refractivity contribution is -0.0962. The van der Waals surface area contributed by atoms with E-state index < -0.39 is 21.8 Å². The highest BCUT2D eigenvalue weighted by Gasteiger charge is 2.35. The second-order valence-corrected chi connectivity index (χ2v) is 9.12. The van der Waals surface area contributed by atoms with Crippen molar-refractivity contribution in [2.75, 3.05) is 19.7 Å². The van der Waals surface area contributed by atoms with Crippen molar-refractivity contribution in [3.05, 3.63) is 29.8 Å². The second kappa shape index (κ2) is 7.94. The summed E-state index contributed by atoms with van der Waals surface area (Å²) in [6.45, 7) is 9.81. The Balaban J connectivity index is 1.74. The van der Waals surface area contributed by atoms with Crippen LogP contribution in [0.1, 0.15) is 33.3 Å². The highest BCUT2D eigenvalue weighted by Crippen LogP contribution is 2.19. The maximum absolute atomic E-state index is 12.1. The van der Waals surface area contributed by atoms with Crippen LogP contribution >= 0.6 is 0 Å². The molecule has 0 bridgehead atoms. The van der Waals surface area contributed by atoms with Crippen LogP contribution < -0.4 is 0 Å². The zero-order valence-electron chi connectivity index (χ0n) is 15.9. The van der Waals surface area contributed by atoms with E-state index in [4.69, 9.17) is 13.7 Å². The van der Waals surface area contributed by atoms with Gasteiger partial charge in [0.1, 0.15) is 5.60 Å². The molecule has 1 amide bonds. The zero-order valence-corrected chi connectivity index (χ0v) is 16.7. The third-order valence-corrected chi connectivity index (χ3v) is 4.99. The standard InChI is InChI=1S/C18H27NO6S/c1-13-6-8-16(9-7-13)26(21,22)23-12-14(2)24-15-10-19(11-15)17(20)25-18(3,4)5/h6-9,14-15H,10-12H2,1-5H3/t14-/m1/s1. The van der Waals surface area contributed by atoms with Gasteiger partial charge in [-0.2, -0.15) is 8.42 Å². The van der Waals surface area contributed by atoms with Crippen LogP contribution in [0.15, 0.2) is 29.2 Å². The van der Waals surface area contributed by atoms with Crippen LogP contribution in [0.4, 0.5) is 4.79 Å². The predicted octanol–water partition coefficient (Wildman–Crippen LogP) is 2.72. The Morgan fingerprint density at radius 2 is 1.81 bits per heavy atom. The fourth-order valence-electron chi connectivity index (χ4n) is 2.33. The van der Waals surface area contributed by atoms with Gasteiger partial charge in [0, 0.05) is 0 Å². The fraction of sp³-hybridized carbons (Fsp3) is 0.611. The summed E-state index contributed by atoms with van der Waals surface area (Å²) in [5.41, 5.74) is 0.439. The van der Waals surface area contributed by atoms with E-state index >= 15 is 0 Å². The van der Waals surface area contributed by atoms with Gasteiger partial charge in [0.2, 0.25) is 0 Å². The molecule has 0 N–H and O–H groups in total. The Morgan fingerprint density at radius 1 is 1.23 bits per heavy atom. The van der Waals surface area contributed by atoms with E-state index in [1.54, 1.807) is 24.0 Å². The largest absolute Gasteiger partial charge is 0.444 e. The van der Waals surface area contributed by atoms with E-state index in [9.17, 15) is 13.2 Å². The highest BCUT2D eigenvalue weighted by atomic mass is 32.2. The van der Waals surface area contributed by atoms with Crippen LogP contribution in [-0.4, -0.2) is 56.9 Å². The molecule has 0 spiro atoms. The second-order valence-electron chi connectivity index (χ2n) is 7.51. The summed E-state index contributed by atoms with van der Waals surface area (Å²) in [5.74, 6) is 0. The monoisotopic (exact) mass is 385 g/mol. The molecule has 1 aliphatic rings. The van der Waals surface area contributed by atoms with Crippen molar-refractivity contribution >= 4 is 16.2 Å². The van der Waals surface area contributed by atoms with Crippen LogP contribution in [0.25, 0.3) is 0 Å². The third-order valence-electron chi connectivity index (χ3n) is 3.69. The van der Waals surface area contributed by atoms with Gasteiger partial charge in [-0.15, -0.1) is 0 Å². The van der Waals surface area contributed by atoms with E-state index in [1.807, 2.05) is 27.7 Å². The number of ether oxygens (including phenoxy) is 2. The number of likely N-dealkylation sites (tertiary alicyclic amines) is 1. The maximum atomic E-state index is 12.1. The van der Waals surface area contributed by atoms with Gasteiger partial charge in [-0.25, -0.2) is 4.79 Å². The van der Waals surface area contributed by atoms with Gasteiger partial charge in [0.05, 0.1) is 36.8 Å². The molecule has 2 rings (SSSR count). The highest BCUT2D eigenvalue weighted by molar-refractivity contribution is 7.86. The minimum atomic E-state index is -3.81. The fourth-order valence-corrected chi connectivity index (χ4v) is 3.30. The molecule has 1 aromatic carbocycles. The summed E-state index contributed by atoms with van der Waals surface area (Å²) < 4.78 is 40.3. The van der Waals surface area contributed by atoms with Crippen LogP contribution in [0.3, 0.4) is 0 Å². The molecule has 8 heteroatoms. The van der Waals surface area contributed by atoms with Gasteiger partial charge in [-0.3, -0.25) is 4.18 Å². The summed E-state index contributed by atoms with van der Waals surface area (Å²) in [5, 5.41) is 0. The molecule has 0 saturated carbocycles. The van der Waals surface area contributed by atoms with Crippen molar-refractivity contribution in [3.63, 3.8) is 0 Å². The molecule has 1 atom stereocenters. The van der Waals surface area contributed by atoms with Gasteiger partial charge in [-0.05, 0) is 46.8 Å². The third kappa shape index (κ3) is 5.96. The Bertz CT molecular complexity index is 717. The van der Waals surface area contributed by atoms with Crippen LogP contribution in [0, 0.1) is 6.92 Å². The first-order valence-corrected chi connectivity index (χ1v) is 9.96. The van der Waals surface area contributed by atoms with Crippen LogP contribution in [0.5, 0.6) is 0 Å². The Kier molecular flexibility index (Phi) is 6.31. The smallest absolute Gasteiger partial charge is 0.410 e. The average Bonchev–Trinajstić information content (AvgIpc) is 2.47. The molecule has 1 aromatic rings. The van der Waals surface area contributed by atoms with Gasteiger partial charge >= 0.3 is 6.09 Å². The first kappa shape index (κ1) is 20.7. The first-order valence-electron chi connectivity index (χ1n) is 8.56. The minimum Gasteiger partial charge on any atom is -0.444 e. The van der Waals surface area contributed by atoms with Gasteiger partial charge in [0.15, 0.2) is 0 Å². The van der Waals surface area contributed by atoms with E-state index in [0.29, 0.717) is 13.1 Å². The molecule has 0 radical (unpaired) electrons. The quantitative estimate of drug-likeness (QED) is 0.700. The van der Waals surface area contributed by atoms with E-state index in [-0.39, 0.29) is 23.7 Å². The summed E-state index contributed by atoms with van der Waals surface area (Å²) in [4.78, 5) is 13.5. The summed E-state index contributed by atoms with van der Waals surface area (Å²) >= 11 is 0. The Labute approximate surface area is 155 Å². The number of hydrogen-bond donors (Lipinski definition) is 0. The van der Waals surface area contributed by atoms with Crippen molar-refractivity contribution in [1.82, 2.24) is 4.90 Å². The molecule has 0 aromatic heterocycles. The minimum absolute atomic E-state index is 0.0842. The molecule has 1 heterocycles. The Morgan fingerprint density at radius 3 is 2.35 bits per heavy atom. The number of aryl methyl sites for hydroxylation is 1. The lowest BCUT2D eigenvalue weighted by Crippen LogP contribution is -2.56. The molecule has 26 heavy (non-hydrogen) atoms. The normalized spacial score (nSPS) is 16.9. The maximum Gasteiger partial charge on any atom is 0.410 e. The lowest BCUT2D eigenvalue weighted by Gasteiger charge is -2.40. The van der Waals surface area contributed by atoms with E-state index in [0.717, 1.165) is 5.56 Å². The van der Waals surface area contributed by atoms with Crippen LogP contribution in [-0.2, 0) is 23.8 Å². The van der Waals surface area contributed by atoms with E-state index in [1.165, 1.54) is 12.1 Å². The zero-order chi connectivity index (χ0) is 19.5. The number of carbonyl (C=O) groups is 1. The van der Waals surface area contributed by atoms with E-state index in [2.05, 4.69) is 0 Å².